The molecule has 0 N–H and O–H groups in total. The van der Waals surface area contributed by atoms with Crippen LogP contribution in [0.15, 0.2) is 24.3 Å². The zero-order valence-electron chi connectivity index (χ0n) is 10.7. The van der Waals surface area contributed by atoms with Gasteiger partial charge in [-0.05, 0) is 30.0 Å². The number of carbonyl (C=O) groups is 1. The van der Waals surface area contributed by atoms with Crippen molar-refractivity contribution in [2.75, 3.05) is 13.6 Å². The average Bonchev–Trinajstić information content (AvgIpc) is 2.27. The van der Waals surface area contributed by atoms with Crippen molar-refractivity contribution in [3.05, 3.63) is 35.4 Å². The van der Waals surface area contributed by atoms with Crippen molar-refractivity contribution in [3.63, 3.8) is 0 Å². The highest BCUT2D eigenvalue weighted by Gasteiger charge is 2.12. The number of amides is 1. The van der Waals surface area contributed by atoms with Crippen LogP contribution in [0, 0.1) is 5.92 Å². The van der Waals surface area contributed by atoms with Gasteiger partial charge in [0.05, 0.1) is 0 Å². The van der Waals surface area contributed by atoms with Crippen molar-refractivity contribution in [2.24, 2.45) is 5.92 Å². The fourth-order valence-corrected chi connectivity index (χ4v) is 1.78. The first-order valence-electron chi connectivity index (χ1n) is 5.89. The predicted octanol–water partition coefficient (Wildman–Crippen LogP) is 2.98. The zero-order valence-corrected chi connectivity index (χ0v) is 10.7. The minimum absolute atomic E-state index is 0.115. The normalized spacial score (nSPS) is 10.6. The molecule has 88 valence electrons. The summed E-state index contributed by atoms with van der Waals surface area (Å²) in [5.74, 6) is 0.618. The first-order valence-corrected chi connectivity index (χ1v) is 5.89. The molecule has 16 heavy (non-hydrogen) atoms. The van der Waals surface area contributed by atoms with Crippen LogP contribution in [-0.2, 0) is 6.42 Å². The number of aryl methyl sites for hydroxylation is 1. The Hall–Kier alpha value is -1.31. The standard InChI is InChI=1S/C14H21NO/c1-5-12-7-6-8-13(9-12)14(16)15(4)10-11(2)3/h6-9,11H,5,10H2,1-4H3. The van der Waals surface area contributed by atoms with Gasteiger partial charge >= 0.3 is 0 Å². The summed E-state index contributed by atoms with van der Waals surface area (Å²) in [6.45, 7) is 7.13. The summed E-state index contributed by atoms with van der Waals surface area (Å²) in [4.78, 5) is 13.9. The Kier molecular flexibility index (Phi) is 4.53. The average molecular weight is 219 g/mol. The molecule has 0 atom stereocenters. The highest BCUT2D eigenvalue weighted by Crippen LogP contribution is 2.09. The van der Waals surface area contributed by atoms with Crippen LogP contribution >= 0.6 is 0 Å². The molecule has 1 aromatic carbocycles. The molecule has 1 rings (SSSR count). The number of carbonyl (C=O) groups excluding carboxylic acids is 1. The number of benzene rings is 1. The Labute approximate surface area is 98.3 Å². The molecule has 0 aromatic heterocycles. The molecular weight excluding hydrogens is 198 g/mol. The molecule has 1 amide bonds. The van der Waals surface area contributed by atoms with Crippen LogP contribution < -0.4 is 0 Å². The summed E-state index contributed by atoms with van der Waals surface area (Å²) >= 11 is 0. The lowest BCUT2D eigenvalue weighted by atomic mass is 10.1. The molecule has 0 heterocycles. The second-order valence-electron chi connectivity index (χ2n) is 4.63. The van der Waals surface area contributed by atoms with E-state index in [-0.39, 0.29) is 5.91 Å². The minimum atomic E-state index is 0.115. The third-order valence-electron chi connectivity index (χ3n) is 2.57. The Morgan fingerprint density at radius 1 is 1.38 bits per heavy atom. The van der Waals surface area contributed by atoms with E-state index >= 15 is 0 Å². The van der Waals surface area contributed by atoms with Gasteiger partial charge in [-0.25, -0.2) is 0 Å². The van der Waals surface area contributed by atoms with Crippen LogP contribution in [0.1, 0.15) is 36.7 Å². The van der Waals surface area contributed by atoms with Crippen LogP contribution in [0.25, 0.3) is 0 Å². The van der Waals surface area contributed by atoms with Crippen LogP contribution in [0.3, 0.4) is 0 Å². The van der Waals surface area contributed by atoms with E-state index in [0.29, 0.717) is 5.92 Å². The monoisotopic (exact) mass is 219 g/mol. The molecule has 0 unspecified atom stereocenters. The topological polar surface area (TPSA) is 20.3 Å². The van der Waals surface area contributed by atoms with E-state index in [1.807, 2.05) is 25.2 Å². The van der Waals surface area contributed by atoms with E-state index in [2.05, 4.69) is 26.8 Å². The van der Waals surface area contributed by atoms with Gasteiger partial charge < -0.3 is 4.90 Å². The second kappa shape index (κ2) is 5.69. The van der Waals surface area contributed by atoms with Gasteiger partial charge in [-0.15, -0.1) is 0 Å². The Balaban J connectivity index is 2.79. The summed E-state index contributed by atoms with van der Waals surface area (Å²) in [5.41, 5.74) is 2.01. The maximum Gasteiger partial charge on any atom is 0.253 e. The van der Waals surface area contributed by atoms with Gasteiger partial charge in [-0.3, -0.25) is 4.79 Å². The first-order chi connectivity index (χ1) is 7.54. The molecule has 0 aliphatic heterocycles. The van der Waals surface area contributed by atoms with Crippen molar-refractivity contribution < 1.29 is 4.79 Å². The molecule has 0 saturated heterocycles. The molecule has 0 saturated carbocycles. The fraction of sp³-hybridized carbons (Fsp3) is 0.500. The van der Waals surface area contributed by atoms with Gasteiger partial charge in [0.1, 0.15) is 0 Å². The molecular formula is C14H21NO. The quantitative estimate of drug-likeness (QED) is 0.762. The van der Waals surface area contributed by atoms with Gasteiger partial charge in [-0.1, -0.05) is 32.9 Å². The lowest BCUT2D eigenvalue weighted by Crippen LogP contribution is -2.30. The molecule has 0 fully saturated rings. The zero-order chi connectivity index (χ0) is 12.1. The Bertz CT molecular complexity index is 358. The summed E-state index contributed by atoms with van der Waals surface area (Å²) in [7, 11) is 1.86. The van der Waals surface area contributed by atoms with Crippen LogP contribution in [0.2, 0.25) is 0 Å². The van der Waals surface area contributed by atoms with Gasteiger partial charge in [0.25, 0.3) is 5.91 Å². The van der Waals surface area contributed by atoms with E-state index in [4.69, 9.17) is 0 Å². The third-order valence-corrected chi connectivity index (χ3v) is 2.57. The molecule has 0 spiro atoms. The molecule has 2 nitrogen and oxygen atoms in total. The van der Waals surface area contributed by atoms with Crippen molar-refractivity contribution >= 4 is 5.91 Å². The lowest BCUT2D eigenvalue weighted by molar-refractivity contribution is 0.0779. The van der Waals surface area contributed by atoms with Gasteiger partial charge in [0.2, 0.25) is 0 Å². The lowest BCUT2D eigenvalue weighted by Gasteiger charge is -2.19. The maximum absolute atomic E-state index is 12.1. The van der Waals surface area contributed by atoms with Crippen molar-refractivity contribution in [1.29, 1.82) is 0 Å². The van der Waals surface area contributed by atoms with Gasteiger partial charge in [0, 0.05) is 19.2 Å². The van der Waals surface area contributed by atoms with Gasteiger partial charge in [0.15, 0.2) is 0 Å². The molecule has 0 aliphatic rings. The number of hydrogen-bond acceptors (Lipinski definition) is 1. The highest BCUT2D eigenvalue weighted by molar-refractivity contribution is 5.94. The largest absolute Gasteiger partial charge is 0.341 e. The fourth-order valence-electron chi connectivity index (χ4n) is 1.78. The van der Waals surface area contributed by atoms with Gasteiger partial charge in [-0.2, -0.15) is 0 Å². The second-order valence-corrected chi connectivity index (χ2v) is 4.63. The molecule has 1 aromatic rings. The summed E-state index contributed by atoms with van der Waals surface area (Å²) in [6, 6.07) is 7.88. The summed E-state index contributed by atoms with van der Waals surface area (Å²) in [5, 5.41) is 0. The van der Waals surface area contributed by atoms with E-state index in [0.717, 1.165) is 18.5 Å². The predicted molar refractivity (Wildman–Crippen MR) is 67.6 cm³/mol. The van der Waals surface area contributed by atoms with Crippen molar-refractivity contribution in [1.82, 2.24) is 4.90 Å². The molecule has 0 bridgehead atoms. The first kappa shape index (κ1) is 12.8. The summed E-state index contributed by atoms with van der Waals surface area (Å²) in [6.07, 6.45) is 0.967. The van der Waals surface area contributed by atoms with Crippen molar-refractivity contribution in [3.8, 4) is 0 Å². The number of nitrogens with zero attached hydrogens (tertiary/aromatic N) is 1. The van der Waals surface area contributed by atoms with Crippen LogP contribution in [-0.4, -0.2) is 24.4 Å². The summed E-state index contributed by atoms with van der Waals surface area (Å²) < 4.78 is 0. The highest BCUT2D eigenvalue weighted by atomic mass is 16.2. The Morgan fingerprint density at radius 3 is 2.62 bits per heavy atom. The number of hydrogen-bond donors (Lipinski definition) is 0. The number of rotatable bonds is 4. The van der Waals surface area contributed by atoms with E-state index in [1.54, 1.807) is 4.90 Å². The molecule has 0 aliphatic carbocycles. The maximum atomic E-state index is 12.1. The minimum Gasteiger partial charge on any atom is -0.341 e. The molecule has 0 radical (unpaired) electrons. The van der Waals surface area contributed by atoms with Crippen LogP contribution in [0.5, 0.6) is 0 Å². The SMILES string of the molecule is CCc1cccc(C(=O)N(C)CC(C)C)c1. The van der Waals surface area contributed by atoms with E-state index in [9.17, 15) is 4.79 Å². The smallest absolute Gasteiger partial charge is 0.253 e. The van der Waals surface area contributed by atoms with Crippen LogP contribution in [0.4, 0.5) is 0 Å². The van der Waals surface area contributed by atoms with E-state index in [1.165, 1.54) is 5.56 Å². The van der Waals surface area contributed by atoms with E-state index < -0.39 is 0 Å². The third kappa shape index (κ3) is 3.37. The Morgan fingerprint density at radius 2 is 2.06 bits per heavy atom. The van der Waals surface area contributed by atoms with Crippen molar-refractivity contribution in [2.45, 2.75) is 27.2 Å². The molecule has 2 heteroatoms.